The van der Waals surface area contributed by atoms with Gasteiger partial charge in [-0.15, -0.1) is 0 Å². The van der Waals surface area contributed by atoms with Crippen molar-refractivity contribution in [2.75, 3.05) is 13.2 Å². The monoisotopic (exact) mass is 517 g/mol. The number of amides is 3. The maximum Gasteiger partial charge on any atom is 0.328 e. The SMILES string of the molecule is NCCCCC(N)C(=O)NC(Cc1ccccc1)C(=O)NC(Cc1cnc[nH]1)C(=O)NC(CO)C(=O)O. The van der Waals surface area contributed by atoms with Crippen molar-refractivity contribution in [2.24, 2.45) is 11.5 Å². The first-order valence-corrected chi connectivity index (χ1v) is 12.0. The largest absolute Gasteiger partial charge is 0.480 e. The van der Waals surface area contributed by atoms with Gasteiger partial charge in [-0.05, 0) is 24.9 Å². The fourth-order valence-corrected chi connectivity index (χ4v) is 3.53. The molecule has 4 unspecified atom stereocenters. The molecule has 0 radical (unpaired) electrons. The molecule has 0 aliphatic rings. The summed E-state index contributed by atoms with van der Waals surface area (Å²) in [5.41, 5.74) is 12.8. The minimum atomic E-state index is -1.56. The van der Waals surface area contributed by atoms with Crippen LogP contribution < -0.4 is 27.4 Å². The number of benzene rings is 1. The predicted octanol–water partition coefficient (Wildman–Crippen LogP) is -1.82. The molecule has 0 bridgehead atoms. The first-order valence-electron chi connectivity index (χ1n) is 12.0. The van der Waals surface area contributed by atoms with Crippen LogP contribution in [0.5, 0.6) is 0 Å². The van der Waals surface area contributed by atoms with Crippen LogP contribution >= 0.6 is 0 Å². The zero-order valence-electron chi connectivity index (χ0n) is 20.4. The average molecular weight is 518 g/mol. The number of carbonyl (C=O) groups excluding carboxylic acids is 3. The third-order valence-corrected chi connectivity index (χ3v) is 5.63. The third-order valence-electron chi connectivity index (χ3n) is 5.63. The number of carbonyl (C=O) groups is 4. The molecule has 0 saturated carbocycles. The standard InChI is InChI=1S/C24H35N7O6/c25-9-5-4-8-17(26)21(33)29-18(10-15-6-2-1-3-7-15)22(34)30-19(11-16-12-27-14-28-16)23(35)31-20(13-32)24(36)37/h1-3,6-7,12,14,17-20,32H,4-5,8-11,13,25-26H2,(H,27,28)(H,29,33)(H,30,34)(H,31,35)(H,36,37). The molecule has 1 heterocycles. The molecule has 13 heteroatoms. The topological polar surface area (TPSA) is 226 Å². The van der Waals surface area contributed by atoms with E-state index in [1.807, 2.05) is 6.07 Å². The molecule has 13 nitrogen and oxygen atoms in total. The van der Waals surface area contributed by atoms with Crippen LogP contribution in [0.1, 0.15) is 30.5 Å². The highest BCUT2D eigenvalue weighted by molar-refractivity contribution is 5.94. The van der Waals surface area contributed by atoms with Gasteiger partial charge in [0.15, 0.2) is 0 Å². The molecule has 0 fully saturated rings. The highest BCUT2D eigenvalue weighted by Gasteiger charge is 2.30. The van der Waals surface area contributed by atoms with Crippen molar-refractivity contribution >= 4 is 23.7 Å². The van der Waals surface area contributed by atoms with Crippen molar-refractivity contribution < 1.29 is 29.4 Å². The number of H-pyrrole nitrogens is 1. The van der Waals surface area contributed by atoms with Crippen molar-refractivity contribution in [1.82, 2.24) is 25.9 Å². The second-order valence-corrected chi connectivity index (χ2v) is 8.57. The molecule has 1 aromatic heterocycles. The lowest BCUT2D eigenvalue weighted by molar-refractivity contribution is -0.143. The van der Waals surface area contributed by atoms with E-state index in [0.29, 0.717) is 31.5 Å². The van der Waals surface area contributed by atoms with Crippen LogP contribution in [0.15, 0.2) is 42.9 Å². The van der Waals surface area contributed by atoms with E-state index in [1.165, 1.54) is 12.5 Å². The molecule has 37 heavy (non-hydrogen) atoms. The number of hydrogen-bond acceptors (Lipinski definition) is 8. The Balaban J connectivity index is 2.21. The Morgan fingerprint density at radius 1 is 0.919 bits per heavy atom. The third kappa shape index (κ3) is 9.99. The molecule has 0 aliphatic carbocycles. The molecule has 202 valence electrons. The summed E-state index contributed by atoms with van der Waals surface area (Å²) in [5.74, 6) is -3.44. The lowest BCUT2D eigenvalue weighted by Crippen LogP contribution is -2.58. The Labute approximate surface area is 214 Å². The number of hydrogen-bond donors (Lipinski definition) is 8. The molecule has 10 N–H and O–H groups in total. The van der Waals surface area contributed by atoms with Crippen LogP contribution in [0.4, 0.5) is 0 Å². The fourth-order valence-electron chi connectivity index (χ4n) is 3.53. The van der Waals surface area contributed by atoms with E-state index in [-0.39, 0.29) is 12.8 Å². The number of aliphatic carboxylic acids is 1. The van der Waals surface area contributed by atoms with Gasteiger partial charge in [-0.25, -0.2) is 9.78 Å². The van der Waals surface area contributed by atoms with Gasteiger partial charge in [0.25, 0.3) is 0 Å². The number of aliphatic hydroxyl groups excluding tert-OH is 1. The Bertz CT molecular complexity index is 1000. The molecule has 4 atom stereocenters. The molecular weight excluding hydrogens is 482 g/mol. The normalized spacial score (nSPS) is 14.1. The summed E-state index contributed by atoms with van der Waals surface area (Å²) in [7, 11) is 0. The van der Waals surface area contributed by atoms with E-state index < -0.39 is 54.5 Å². The Morgan fingerprint density at radius 3 is 2.11 bits per heavy atom. The molecular formula is C24H35N7O6. The quantitative estimate of drug-likeness (QED) is 0.117. The zero-order chi connectivity index (χ0) is 27.2. The molecule has 2 aromatic rings. The van der Waals surface area contributed by atoms with Crippen molar-refractivity contribution in [3.8, 4) is 0 Å². The summed E-state index contributed by atoms with van der Waals surface area (Å²) in [6.45, 7) is -0.354. The second kappa shape index (κ2) is 15.3. The number of aromatic nitrogens is 2. The molecule has 2 rings (SSSR count). The number of unbranched alkanes of at least 4 members (excludes halogenated alkanes) is 1. The fraction of sp³-hybridized carbons (Fsp3) is 0.458. The maximum atomic E-state index is 13.3. The Hall–Kier alpha value is -3.81. The summed E-state index contributed by atoms with van der Waals surface area (Å²) in [5, 5.41) is 25.9. The van der Waals surface area contributed by atoms with Gasteiger partial charge in [0.2, 0.25) is 17.7 Å². The van der Waals surface area contributed by atoms with E-state index in [1.54, 1.807) is 24.3 Å². The number of carboxylic acids is 1. The van der Waals surface area contributed by atoms with Crippen molar-refractivity contribution in [2.45, 2.75) is 56.3 Å². The number of nitrogens with two attached hydrogens (primary N) is 2. The first kappa shape index (κ1) is 29.4. The summed E-state index contributed by atoms with van der Waals surface area (Å²) in [6, 6.07) is 4.29. The highest BCUT2D eigenvalue weighted by Crippen LogP contribution is 2.07. The summed E-state index contributed by atoms with van der Waals surface area (Å²) in [6.07, 6.45) is 4.69. The van der Waals surface area contributed by atoms with Gasteiger partial charge >= 0.3 is 5.97 Å². The number of nitrogens with zero attached hydrogens (tertiary/aromatic N) is 1. The zero-order valence-corrected chi connectivity index (χ0v) is 20.4. The number of rotatable bonds is 16. The van der Waals surface area contributed by atoms with Gasteiger partial charge in [0, 0.05) is 24.7 Å². The van der Waals surface area contributed by atoms with Gasteiger partial charge in [0.05, 0.1) is 19.0 Å². The smallest absolute Gasteiger partial charge is 0.328 e. The second-order valence-electron chi connectivity index (χ2n) is 8.57. The molecule has 1 aromatic carbocycles. The van der Waals surface area contributed by atoms with Crippen molar-refractivity contribution in [1.29, 1.82) is 0 Å². The number of aliphatic hydroxyl groups is 1. The van der Waals surface area contributed by atoms with E-state index in [2.05, 4.69) is 25.9 Å². The number of carboxylic acid groups (broad SMARTS) is 1. The van der Waals surface area contributed by atoms with Crippen LogP contribution in [0, 0.1) is 0 Å². The molecule has 0 aliphatic heterocycles. The van der Waals surface area contributed by atoms with Gasteiger partial charge in [0.1, 0.15) is 18.1 Å². The summed E-state index contributed by atoms with van der Waals surface area (Å²) >= 11 is 0. The Kier molecular flexibility index (Phi) is 12.2. The van der Waals surface area contributed by atoms with Crippen LogP contribution in [0.2, 0.25) is 0 Å². The van der Waals surface area contributed by atoms with Crippen LogP contribution in [0.3, 0.4) is 0 Å². The van der Waals surface area contributed by atoms with Gasteiger partial charge in [-0.3, -0.25) is 14.4 Å². The van der Waals surface area contributed by atoms with Crippen LogP contribution in [-0.2, 0) is 32.0 Å². The number of nitrogens with one attached hydrogen (secondary N) is 4. The lowest BCUT2D eigenvalue weighted by atomic mass is 10.0. The predicted molar refractivity (Wildman–Crippen MR) is 134 cm³/mol. The van der Waals surface area contributed by atoms with Gasteiger partial charge in [-0.2, -0.15) is 0 Å². The average Bonchev–Trinajstić information content (AvgIpc) is 3.39. The highest BCUT2D eigenvalue weighted by atomic mass is 16.4. The van der Waals surface area contributed by atoms with Crippen molar-refractivity contribution in [3.63, 3.8) is 0 Å². The minimum Gasteiger partial charge on any atom is -0.480 e. The van der Waals surface area contributed by atoms with E-state index in [0.717, 1.165) is 5.56 Å². The van der Waals surface area contributed by atoms with Gasteiger partial charge in [-0.1, -0.05) is 36.8 Å². The number of aromatic amines is 1. The lowest BCUT2D eigenvalue weighted by Gasteiger charge is -2.25. The van der Waals surface area contributed by atoms with E-state index in [9.17, 15) is 29.4 Å². The molecule has 0 spiro atoms. The minimum absolute atomic E-state index is 0.0417. The van der Waals surface area contributed by atoms with Crippen LogP contribution in [0.25, 0.3) is 0 Å². The van der Waals surface area contributed by atoms with E-state index in [4.69, 9.17) is 11.5 Å². The number of imidazole rings is 1. The Morgan fingerprint density at radius 2 is 1.54 bits per heavy atom. The van der Waals surface area contributed by atoms with Crippen LogP contribution in [-0.4, -0.2) is 81.2 Å². The van der Waals surface area contributed by atoms with Gasteiger partial charge < -0.3 is 42.6 Å². The summed E-state index contributed by atoms with van der Waals surface area (Å²) < 4.78 is 0. The maximum absolute atomic E-state index is 13.3. The van der Waals surface area contributed by atoms with E-state index >= 15 is 0 Å². The summed E-state index contributed by atoms with van der Waals surface area (Å²) in [4.78, 5) is 57.0. The first-order chi connectivity index (χ1) is 17.7. The molecule has 3 amide bonds. The van der Waals surface area contributed by atoms with Crippen molar-refractivity contribution in [3.05, 3.63) is 54.1 Å². The molecule has 0 saturated heterocycles.